The molecule has 182 valence electrons. The van der Waals surface area contributed by atoms with Gasteiger partial charge in [-0.3, -0.25) is 9.59 Å². The second-order valence-corrected chi connectivity index (χ2v) is 10.8. The van der Waals surface area contributed by atoms with Crippen LogP contribution in [0.3, 0.4) is 0 Å². The molecule has 0 spiro atoms. The first-order chi connectivity index (χ1) is 16.4. The second-order valence-electron chi connectivity index (χ2n) is 8.82. The first-order valence-electron chi connectivity index (χ1n) is 11.6. The summed E-state index contributed by atoms with van der Waals surface area (Å²) in [7, 11) is -1.85. The van der Waals surface area contributed by atoms with Crippen LogP contribution in [-0.2, 0) is 25.4 Å². The van der Waals surface area contributed by atoms with E-state index in [-0.39, 0.29) is 23.5 Å². The molecule has 2 aromatic rings. The number of rotatable bonds is 7. The van der Waals surface area contributed by atoms with E-state index in [9.17, 15) is 18.0 Å². The molecule has 0 bridgehead atoms. The molecule has 8 nitrogen and oxygen atoms in total. The summed E-state index contributed by atoms with van der Waals surface area (Å²) in [6, 6.07) is 15.7. The van der Waals surface area contributed by atoms with Crippen molar-refractivity contribution in [2.45, 2.75) is 37.5 Å². The lowest BCUT2D eigenvalue weighted by Gasteiger charge is -2.34. The molecule has 2 saturated heterocycles. The van der Waals surface area contributed by atoms with Crippen LogP contribution in [-0.4, -0.2) is 62.2 Å². The third-order valence-electron chi connectivity index (χ3n) is 6.58. The predicted molar refractivity (Wildman–Crippen MR) is 130 cm³/mol. The highest BCUT2D eigenvalue weighted by atomic mass is 32.2. The Morgan fingerprint density at radius 3 is 2.29 bits per heavy atom. The predicted octanol–water partition coefficient (Wildman–Crippen LogP) is 2.87. The summed E-state index contributed by atoms with van der Waals surface area (Å²) in [5.41, 5.74) is 1.41. The van der Waals surface area contributed by atoms with E-state index in [2.05, 4.69) is 5.32 Å². The number of hydrogen-bond acceptors (Lipinski definition) is 5. The number of ether oxygens (including phenoxy) is 1. The van der Waals surface area contributed by atoms with Crippen LogP contribution in [0.25, 0.3) is 0 Å². The lowest BCUT2D eigenvalue weighted by Crippen LogP contribution is -2.48. The van der Waals surface area contributed by atoms with Gasteiger partial charge >= 0.3 is 0 Å². The Morgan fingerprint density at radius 1 is 0.971 bits per heavy atom. The average Bonchev–Trinajstić information content (AvgIpc) is 3.35. The summed E-state index contributed by atoms with van der Waals surface area (Å²) in [4.78, 5) is 27.8. The molecule has 0 radical (unpaired) electrons. The van der Waals surface area contributed by atoms with Gasteiger partial charge in [-0.15, -0.1) is 0 Å². The van der Waals surface area contributed by atoms with Gasteiger partial charge < -0.3 is 15.0 Å². The molecule has 2 aromatic carbocycles. The number of piperidine rings is 1. The Hall–Kier alpha value is -2.91. The van der Waals surface area contributed by atoms with Gasteiger partial charge in [0, 0.05) is 31.2 Å². The van der Waals surface area contributed by atoms with Crippen molar-refractivity contribution in [2.24, 2.45) is 5.92 Å². The molecule has 4 rings (SSSR count). The molecule has 2 aliphatic heterocycles. The first kappa shape index (κ1) is 24.2. The molecule has 0 aliphatic carbocycles. The zero-order valence-corrected chi connectivity index (χ0v) is 20.2. The van der Waals surface area contributed by atoms with Crippen molar-refractivity contribution in [3.63, 3.8) is 0 Å². The maximum Gasteiger partial charge on any atom is 0.247 e. The van der Waals surface area contributed by atoms with Crippen LogP contribution in [0.15, 0.2) is 54.6 Å². The average molecular weight is 486 g/mol. The van der Waals surface area contributed by atoms with Gasteiger partial charge in [-0.2, -0.15) is 0 Å². The van der Waals surface area contributed by atoms with E-state index < -0.39 is 16.1 Å². The van der Waals surface area contributed by atoms with E-state index in [4.69, 9.17) is 4.74 Å². The summed E-state index contributed by atoms with van der Waals surface area (Å²) in [6.07, 6.45) is 2.33. The Balaban J connectivity index is 1.33. The molecular weight excluding hydrogens is 454 g/mol. The van der Waals surface area contributed by atoms with Crippen molar-refractivity contribution in [1.29, 1.82) is 0 Å². The second kappa shape index (κ2) is 10.6. The lowest BCUT2D eigenvalue weighted by atomic mass is 9.96. The Kier molecular flexibility index (Phi) is 7.53. The minimum atomic E-state index is -3.43. The number of nitrogens with one attached hydrogen (secondary N) is 1. The van der Waals surface area contributed by atoms with E-state index in [1.54, 1.807) is 48.4 Å². The van der Waals surface area contributed by atoms with Crippen LogP contribution in [0.2, 0.25) is 0 Å². The number of anilines is 1. The summed E-state index contributed by atoms with van der Waals surface area (Å²) in [5.74, 6) is 0.156. The van der Waals surface area contributed by atoms with Gasteiger partial charge in [0.05, 0.1) is 12.9 Å². The number of hydrogen-bond donors (Lipinski definition) is 1. The van der Waals surface area contributed by atoms with Crippen LogP contribution in [0.4, 0.5) is 5.69 Å². The fourth-order valence-corrected chi connectivity index (χ4v) is 6.26. The molecule has 1 atom stereocenters. The highest BCUT2D eigenvalue weighted by molar-refractivity contribution is 7.88. The number of sulfonamides is 1. The fraction of sp³-hybridized carbons (Fsp3) is 0.440. The van der Waals surface area contributed by atoms with Gasteiger partial charge in [0.1, 0.15) is 11.8 Å². The van der Waals surface area contributed by atoms with Gasteiger partial charge in [0.15, 0.2) is 0 Å². The maximum absolute atomic E-state index is 13.3. The van der Waals surface area contributed by atoms with Gasteiger partial charge in [-0.05, 0) is 55.5 Å². The van der Waals surface area contributed by atoms with Crippen LogP contribution >= 0.6 is 0 Å². The number of benzene rings is 2. The Bertz CT molecular complexity index is 1100. The Morgan fingerprint density at radius 2 is 1.65 bits per heavy atom. The molecule has 2 amide bonds. The van der Waals surface area contributed by atoms with E-state index in [1.807, 2.05) is 18.2 Å². The Labute approximate surface area is 200 Å². The fourth-order valence-electron chi connectivity index (χ4n) is 4.69. The van der Waals surface area contributed by atoms with Crippen LogP contribution in [0.1, 0.15) is 31.2 Å². The third-order valence-corrected chi connectivity index (χ3v) is 8.43. The zero-order chi connectivity index (χ0) is 24.1. The quantitative estimate of drug-likeness (QED) is 0.651. The number of carbonyl (C=O) groups is 2. The monoisotopic (exact) mass is 485 g/mol. The molecule has 34 heavy (non-hydrogen) atoms. The van der Waals surface area contributed by atoms with Crippen LogP contribution in [0, 0.1) is 5.92 Å². The summed E-state index contributed by atoms with van der Waals surface area (Å²) in [5, 5.41) is 2.90. The number of amides is 2. The van der Waals surface area contributed by atoms with Crippen molar-refractivity contribution >= 4 is 27.5 Å². The van der Waals surface area contributed by atoms with E-state index in [0.717, 1.165) is 12.0 Å². The minimum Gasteiger partial charge on any atom is -0.497 e. The van der Waals surface area contributed by atoms with Gasteiger partial charge in [0.25, 0.3) is 0 Å². The normalized spacial score (nSPS) is 19.7. The molecule has 9 heteroatoms. The maximum atomic E-state index is 13.3. The largest absolute Gasteiger partial charge is 0.497 e. The molecule has 2 heterocycles. The summed E-state index contributed by atoms with van der Waals surface area (Å²) < 4.78 is 32.3. The van der Waals surface area contributed by atoms with Gasteiger partial charge in [0.2, 0.25) is 21.8 Å². The molecular formula is C25H31N3O5S. The molecule has 1 unspecified atom stereocenters. The number of methoxy groups -OCH3 is 1. The van der Waals surface area contributed by atoms with E-state index >= 15 is 0 Å². The first-order valence-corrected chi connectivity index (χ1v) is 13.3. The minimum absolute atomic E-state index is 0.0355. The summed E-state index contributed by atoms with van der Waals surface area (Å²) >= 11 is 0. The zero-order valence-electron chi connectivity index (χ0n) is 19.4. The van der Waals surface area contributed by atoms with Crippen molar-refractivity contribution in [2.75, 3.05) is 32.1 Å². The highest BCUT2D eigenvalue weighted by Crippen LogP contribution is 2.28. The SMILES string of the molecule is COc1ccc(NC(=O)C2CCCN2C(=O)C2CCN(S(=O)(=O)Cc3ccccc3)CC2)cc1. The molecule has 0 saturated carbocycles. The third kappa shape index (κ3) is 5.59. The van der Waals surface area contributed by atoms with E-state index in [0.29, 0.717) is 50.3 Å². The van der Waals surface area contributed by atoms with Crippen LogP contribution in [0.5, 0.6) is 5.75 Å². The smallest absolute Gasteiger partial charge is 0.247 e. The van der Waals surface area contributed by atoms with Crippen LogP contribution < -0.4 is 10.1 Å². The number of carbonyl (C=O) groups excluding carboxylic acids is 2. The topological polar surface area (TPSA) is 96.0 Å². The van der Waals surface area contributed by atoms with Crippen molar-refractivity contribution in [3.8, 4) is 5.75 Å². The number of likely N-dealkylation sites (tertiary alicyclic amines) is 1. The summed E-state index contributed by atoms with van der Waals surface area (Å²) in [6.45, 7) is 1.19. The standard InChI is InChI=1S/C25H31N3O5S/c1-33-22-11-9-21(10-12-22)26-24(29)23-8-5-15-28(23)25(30)20-13-16-27(17-14-20)34(31,32)18-19-6-3-2-4-7-19/h2-4,6-7,9-12,20,23H,5,8,13-18H2,1H3,(H,26,29). The van der Waals surface area contributed by atoms with Gasteiger partial charge in [-0.1, -0.05) is 30.3 Å². The van der Waals surface area contributed by atoms with Crippen molar-refractivity contribution in [3.05, 3.63) is 60.2 Å². The highest BCUT2D eigenvalue weighted by Gasteiger charge is 2.39. The lowest BCUT2D eigenvalue weighted by molar-refractivity contribution is -0.141. The number of nitrogens with zero attached hydrogens (tertiary/aromatic N) is 2. The molecule has 2 aliphatic rings. The van der Waals surface area contributed by atoms with Crippen molar-refractivity contribution < 1.29 is 22.7 Å². The van der Waals surface area contributed by atoms with Gasteiger partial charge in [-0.25, -0.2) is 12.7 Å². The molecule has 2 fully saturated rings. The van der Waals surface area contributed by atoms with Crippen molar-refractivity contribution in [1.82, 2.24) is 9.21 Å². The van der Waals surface area contributed by atoms with E-state index in [1.165, 1.54) is 4.31 Å². The molecule has 1 N–H and O–H groups in total. The molecule has 0 aromatic heterocycles.